The molecule has 2 heterocycles. The molecule has 1 unspecified atom stereocenters. The lowest BCUT2D eigenvalue weighted by Gasteiger charge is -2.42. The summed E-state index contributed by atoms with van der Waals surface area (Å²) in [7, 11) is 1.94. The van der Waals surface area contributed by atoms with Gasteiger partial charge in [-0.1, -0.05) is 42.6 Å². The first-order valence-electron chi connectivity index (χ1n) is 13.9. The molecule has 2 aromatic carbocycles. The van der Waals surface area contributed by atoms with Gasteiger partial charge in [0.1, 0.15) is 22.9 Å². The molecule has 2 saturated carbocycles. The van der Waals surface area contributed by atoms with Crippen LogP contribution in [0.15, 0.2) is 53.8 Å². The summed E-state index contributed by atoms with van der Waals surface area (Å²) < 4.78 is 14.2. The molecule has 3 aromatic rings. The van der Waals surface area contributed by atoms with E-state index in [4.69, 9.17) is 26.1 Å². The zero-order valence-electron chi connectivity index (χ0n) is 21.9. The number of esters is 1. The third-order valence-electron chi connectivity index (χ3n) is 8.68. The van der Waals surface area contributed by atoms with Gasteiger partial charge in [0, 0.05) is 19.9 Å². The third-order valence-corrected chi connectivity index (χ3v) is 8.97. The number of imidazole rings is 1. The minimum atomic E-state index is -0.707. The predicted molar refractivity (Wildman–Crippen MR) is 147 cm³/mol. The van der Waals surface area contributed by atoms with Gasteiger partial charge in [-0.3, -0.25) is 0 Å². The number of nitrogens with zero attached hydrogens (tertiary/aromatic N) is 2. The Morgan fingerprint density at radius 1 is 1.16 bits per heavy atom. The molecule has 2 fully saturated rings. The maximum absolute atomic E-state index is 13.4. The maximum Gasteiger partial charge on any atom is 0.338 e. The third kappa shape index (κ3) is 5.03. The lowest BCUT2D eigenvalue weighted by atomic mass is 9.76. The highest BCUT2D eigenvalue weighted by Gasteiger charge is 2.48. The molecule has 0 spiro atoms. The van der Waals surface area contributed by atoms with Gasteiger partial charge in [0.25, 0.3) is 0 Å². The Morgan fingerprint density at radius 2 is 1.95 bits per heavy atom. The minimum absolute atomic E-state index is 0.141. The molecule has 6 rings (SSSR count). The van der Waals surface area contributed by atoms with Crippen LogP contribution in [0.25, 0.3) is 11.0 Å². The number of aryl methyl sites for hydroxylation is 2. The van der Waals surface area contributed by atoms with Crippen LogP contribution in [0, 0.1) is 11.8 Å². The van der Waals surface area contributed by atoms with Crippen molar-refractivity contribution in [1.29, 1.82) is 0 Å². The highest BCUT2D eigenvalue weighted by atomic mass is 35.5. The molecule has 0 radical (unpaired) electrons. The van der Waals surface area contributed by atoms with E-state index in [2.05, 4.69) is 0 Å². The molecule has 7 heteroatoms. The summed E-state index contributed by atoms with van der Waals surface area (Å²) in [5.41, 5.74) is 2.56. The second-order valence-corrected chi connectivity index (χ2v) is 11.7. The molecular formula is C31H35ClN2O4. The normalized spacial score (nSPS) is 22.3. The number of halogens is 1. The van der Waals surface area contributed by atoms with Crippen LogP contribution in [-0.4, -0.2) is 32.8 Å². The molecule has 1 N–H and O–H groups in total. The molecule has 3 aliphatic rings. The van der Waals surface area contributed by atoms with Crippen molar-refractivity contribution in [2.75, 3.05) is 6.61 Å². The Labute approximate surface area is 228 Å². The van der Waals surface area contributed by atoms with Gasteiger partial charge in [-0.2, -0.15) is 0 Å². The molecule has 0 amide bonds. The van der Waals surface area contributed by atoms with E-state index in [-0.39, 0.29) is 18.1 Å². The minimum Gasteiger partial charge on any atom is -0.512 e. The summed E-state index contributed by atoms with van der Waals surface area (Å²) in [6.07, 6.45) is 8.68. The zero-order valence-corrected chi connectivity index (χ0v) is 22.7. The van der Waals surface area contributed by atoms with E-state index < -0.39 is 11.6 Å². The lowest BCUT2D eigenvalue weighted by Crippen LogP contribution is -2.46. The molecule has 1 aliphatic heterocycles. The van der Waals surface area contributed by atoms with Crippen LogP contribution in [0.2, 0.25) is 5.02 Å². The van der Waals surface area contributed by atoms with E-state index in [1.807, 2.05) is 54.1 Å². The Bertz CT molecular complexity index is 1390. The van der Waals surface area contributed by atoms with Crippen molar-refractivity contribution in [3.63, 3.8) is 0 Å². The molecular weight excluding hydrogens is 500 g/mol. The summed E-state index contributed by atoms with van der Waals surface area (Å²) in [6, 6.07) is 13.8. The number of cyclic esters (lactones) is 1. The standard InChI is InChI=1S/C31H35ClN2O4/c1-34-26-9-5-4-8-25(26)33-29(34)17-23-27(35)18-31(38-30(23)36,22-6-2-3-7-22)15-14-20-12-13-28(24(32)16-20)37-19-21-10-11-21/h4-5,8-9,12-13,16,21-22,35H,2-3,6-7,10-11,14-15,17-19H2,1H3. The van der Waals surface area contributed by atoms with Crippen LogP contribution >= 0.6 is 11.6 Å². The number of benzene rings is 2. The molecule has 1 atom stereocenters. The van der Waals surface area contributed by atoms with Crippen molar-refractivity contribution in [1.82, 2.24) is 9.55 Å². The zero-order chi connectivity index (χ0) is 26.3. The van der Waals surface area contributed by atoms with Crippen LogP contribution in [0.4, 0.5) is 0 Å². The fraction of sp³-hybridized carbons (Fsp3) is 0.484. The first-order chi connectivity index (χ1) is 18.4. The second-order valence-electron chi connectivity index (χ2n) is 11.3. The summed E-state index contributed by atoms with van der Waals surface area (Å²) >= 11 is 6.54. The first kappa shape index (κ1) is 25.3. The number of carbonyl (C=O) groups excluding carboxylic acids is 1. The number of ether oxygens (including phenoxy) is 2. The molecule has 0 saturated heterocycles. The number of aromatic nitrogens is 2. The number of hydrogen-bond acceptors (Lipinski definition) is 5. The molecule has 1 aromatic heterocycles. The van der Waals surface area contributed by atoms with Gasteiger partial charge >= 0.3 is 5.97 Å². The number of hydrogen-bond donors (Lipinski definition) is 1. The monoisotopic (exact) mass is 534 g/mol. The van der Waals surface area contributed by atoms with Gasteiger partial charge in [-0.25, -0.2) is 9.78 Å². The summed E-state index contributed by atoms with van der Waals surface area (Å²) in [5.74, 6) is 2.08. The molecule has 0 bridgehead atoms. The quantitative estimate of drug-likeness (QED) is 0.303. The number of rotatable bonds is 9. The fourth-order valence-electron chi connectivity index (χ4n) is 6.16. The Hall–Kier alpha value is -2.99. The van der Waals surface area contributed by atoms with E-state index in [0.29, 0.717) is 35.8 Å². The largest absolute Gasteiger partial charge is 0.512 e. The van der Waals surface area contributed by atoms with Crippen molar-refractivity contribution in [3.8, 4) is 5.75 Å². The average Bonchev–Trinajstić information content (AvgIpc) is 3.45. The number of aliphatic hydroxyl groups is 1. The Kier molecular flexibility index (Phi) is 6.85. The first-order valence-corrected chi connectivity index (χ1v) is 14.3. The van der Waals surface area contributed by atoms with Gasteiger partial charge < -0.3 is 19.1 Å². The average molecular weight is 535 g/mol. The van der Waals surface area contributed by atoms with Crippen LogP contribution in [0.3, 0.4) is 0 Å². The molecule has 38 heavy (non-hydrogen) atoms. The maximum atomic E-state index is 13.4. The summed E-state index contributed by atoms with van der Waals surface area (Å²) in [6.45, 7) is 0.724. The van der Waals surface area contributed by atoms with Crippen LogP contribution in [-0.2, 0) is 29.4 Å². The van der Waals surface area contributed by atoms with Crippen LogP contribution < -0.4 is 4.74 Å². The topological polar surface area (TPSA) is 73.6 Å². The van der Waals surface area contributed by atoms with Gasteiger partial charge in [0.2, 0.25) is 0 Å². The number of para-hydroxylation sites is 2. The van der Waals surface area contributed by atoms with Gasteiger partial charge in [0.15, 0.2) is 0 Å². The molecule has 6 nitrogen and oxygen atoms in total. The van der Waals surface area contributed by atoms with Gasteiger partial charge in [-0.05, 0) is 80.2 Å². The van der Waals surface area contributed by atoms with E-state index in [1.54, 1.807) is 0 Å². The second kappa shape index (κ2) is 10.3. The van der Waals surface area contributed by atoms with Crippen molar-refractivity contribution >= 4 is 28.6 Å². The highest BCUT2D eigenvalue weighted by Crippen LogP contribution is 2.46. The molecule has 200 valence electrons. The van der Waals surface area contributed by atoms with E-state index in [0.717, 1.165) is 60.5 Å². The summed E-state index contributed by atoms with van der Waals surface area (Å²) in [4.78, 5) is 18.1. The Morgan fingerprint density at radius 3 is 2.66 bits per heavy atom. The number of carbonyl (C=O) groups is 1. The SMILES string of the molecule is Cn1c(CC2=C(O)CC(CCc3ccc(OCC4CC4)c(Cl)c3)(C3CCCC3)OC2=O)nc2ccccc21. The van der Waals surface area contributed by atoms with Gasteiger partial charge in [-0.15, -0.1) is 0 Å². The van der Waals surface area contributed by atoms with Crippen molar-refractivity contribution in [2.45, 2.75) is 69.8 Å². The number of aliphatic hydroxyl groups excluding tert-OH is 1. The van der Waals surface area contributed by atoms with Crippen LogP contribution in [0.1, 0.15) is 62.8 Å². The Balaban J connectivity index is 1.21. The van der Waals surface area contributed by atoms with E-state index in [1.165, 1.54) is 12.8 Å². The smallest absolute Gasteiger partial charge is 0.338 e. The van der Waals surface area contributed by atoms with E-state index in [9.17, 15) is 9.90 Å². The van der Waals surface area contributed by atoms with Gasteiger partial charge in [0.05, 0.1) is 28.2 Å². The van der Waals surface area contributed by atoms with Crippen molar-refractivity contribution in [3.05, 3.63) is 70.2 Å². The lowest BCUT2D eigenvalue weighted by molar-refractivity contribution is -0.167. The van der Waals surface area contributed by atoms with Crippen molar-refractivity contribution in [2.24, 2.45) is 18.9 Å². The highest BCUT2D eigenvalue weighted by molar-refractivity contribution is 6.32. The van der Waals surface area contributed by atoms with Crippen molar-refractivity contribution < 1.29 is 19.4 Å². The fourth-order valence-corrected chi connectivity index (χ4v) is 6.42. The van der Waals surface area contributed by atoms with Crippen LogP contribution in [0.5, 0.6) is 5.75 Å². The number of fused-ring (bicyclic) bond motifs is 1. The predicted octanol–water partition coefficient (Wildman–Crippen LogP) is 6.88. The summed E-state index contributed by atoms with van der Waals surface area (Å²) in [5, 5.41) is 11.9. The molecule has 2 aliphatic carbocycles. The van der Waals surface area contributed by atoms with E-state index >= 15 is 0 Å².